The summed E-state index contributed by atoms with van der Waals surface area (Å²) in [7, 11) is 2.13. The SMILES string of the molecule is CN1CCN(c2ccc(Nc3ncc(Cl)c(Nc4ccc(F)cc4)n3)nc2)CC1. The maximum absolute atomic E-state index is 13.1. The number of hydrogen-bond donors (Lipinski definition) is 2. The van der Waals surface area contributed by atoms with Gasteiger partial charge in [-0.05, 0) is 43.4 Å². The molecule has 1 saturated heterocycles. The average Bonchev–Trinajstić information content (AvgIpc) is 2.73. The molecule has 3 heterocycles. The molecule has 1 aliphatic rings. The number of halogens is 2. The first-order valence-electron chi connectivity index (χ1n) is 9.28. The summed E-state index contributed by atoms with van der Waals surface area (Å²) in [6.45, 7) is 4.07. The smallest absolute Gasteiger partial charge is 0.230 e. The highest BCUT2D eigenvalue weighted by atomic mass is 35.5. The van der Waals surface area contributed by atoms with Crippen molar-refractivity contribution in [2.24, 2.45) is 0 Å². The van der Waals surface area contributed by atoms with Crippen molar-refractivity contribution >= 4 is 40.6 Å². The zero-order valence-electron chi connectivity index (χ0n) is 15.9. The minimum Gasteiger partial charge on any atom is -0.368 e. The Morgan fingerprint density at radius 2 is 1.69 bits per heavy atom. The number of benzene rings is 1. The third-order valence-corrected chi connectivity index (χ3v) is 4.98. The Kier molecular flexibility index (Phi) is 5.73. The van der Waals surface area contributed by atoms with Gasteiger partial charge in [0.1, 0.15) is 16.7 Å². The van der Waals surface area contributed by atoms with Gasteiger partial charge in [-0.1, -0.05) is 11.6 Å². The van der Waals surface area contributed by atoms with Gasteiger partial charge in [0.25, 0.3) is 0 Å². The second kappa shape index (κ2) is 8.59. The number of rotatable bonds is 5. The van der Waals surface area contributed by atoms with Crippen molar-refractivity contribution in [3.8, 4) is 0 Å². The van der Waals surface area contributed by atoms with Crippen LogP contribution in [0.15, 0.2) is 48.8 Å². The molecular weight excluding hydrogens is 393 g/mol. The van der Waals surface area contributed by atoms with E-state index in [1.165, 1.54) is 18.3 Å². The van der Waals surface area contributed by atoms with Crippen LogP contribution in [-0.4, -0.2) is 53.1 Å². The van der Waals surface area contributed by atoms with Gasteiger partial charge < -0.3 is 20.4 Å². The Bertz CT molecular complexity index is 958. The molecule has 0 spiro atoms. The van der Waals surface area contributed by atoms with Gasteiger partial charge in [-0.15, -0.1) is 0 Å². The van der Waals surface area contributed by atoms with Crippen LogP contribution in [0.3, 0.4) is 0 Å². The summed E-state index contributed by atoms with van der Waals surface area (Å²) in [4.78, 5) is 17.7. The van der Waals surface area contributed by atoms with Crippen LogP contribution in [-0.2, 0) is 0 Å². The molecule has 3 aromatic rings. The fraction of sp³-hybridized carbons (Fsp3) is 0.250. The molecule has 0 saturated carbocycles. The van der Waals surface area contributed by atoms with Gasteiger partial charge in [0.2, 0.25) is 5.95 Å². The predicted molar refractivity (Wildman–Crippen MR) is 114 cm³/mol. The van der Waals surface area contributed by atoms with Crippen LogP contribution in [0.5, 0.6) is 0 Å². The molecule has 29 heavy (non-hydrogen) atoms. The zero-order valence-corrected chi connectivity index (χ0v) is 16.7. The molecule has 1 fully saturated rings. The summed E-state index contributed by atoms with van der Waals surface area (Å²) in [6.07, 6.45) is 3.35. The third kappa shape index (κ3) is 4.90. The molecule has 2 N–H and O–H groups in total. The van der Waals surface area contributed by atoms with Crippen molar-refractivity contribution < 1.29 is 4.39 Å². The topological polar surface area (TPSA) is 69.2 Å². The van der Waals surface area contributed by atoms with E-state index in [1.54, 1.807) is 12.1 Å². The van der Waals surface area contributed by atoms with E-state index >= 15 is 0 Å². The summed E-state index contributed by atoms with van der Waals surface area (Å²) in [5.74, 6) is 1.11. The van der Waals surface area contributed by atoms with Gasteiger partial charge in [-0.25, -0.2) is 14.4 Å². The normalized spacial score (nSPS) is 14.7. The number of nitrogens with one attached hydrogen (secondary N) is 2. The highest BCUT2D eigenvalue weighted by molar-refractivity contribution is 6.32. The molecule has 7 nitrogen and oxygen atoms in total. The van der Waals surface area contributed by atoms with Crippen molar-refractivity contribution in [2.45, 2.75) is 0 Å². The van der Waals surface area contributed by atoms with Gasteiger partial charge in [0.05, 0.1) is 18.1 Å². The Hall–Kier alpha value is -2.97. The van der Waals surface area contributed by atoms with E-state index in [-0.39, 0.29) is 5.82 Å². The molecule has 0 bridgehead atoms. The summed E-state index contributed by atoms with van der Waals surface area (Å²) >= 11 is 6.18. The van der Waals surface area contributed by atoms with Gasteiger partial charge in [-0.2, -0.15) is 4.98 Å². The Labute approximate surface area is 173 Å². The van der Waals surface area contributed by atoms with Gasteiger partial charge in [0.15, 0.2) is 5.82 Å². The van der Waals surface area contributed by atoms with Crippen molar-refractivity contribution in [1.29, 1.82) is 0 Å². The lowest BCUT2D eigenvalue weighted by Gasteiger charge is -2.33. The first kappa shape index (κ1) is 19.4. The van der Waals surface area contributed by atoms with Crippen molar-refractivity contribution in [3.63, 3.8) is 0 Å². The number of anilines is 5. The maximum Gasteiger partial charge on any atom is 0.230 e. The predicted octanol–water partition coefficient (Wildman–Crippen LogP) is 3.90. The van der Waals surface area contributed by atoms with E-state index < -0.39 is 0 Å². The third-order valence-electron chi connectivity index (χ3n) is 4.71. The van der Waals surface area contributed by atoms with Gasteiger partial charge in [-0.3, -0.25) is 0 Å². The number of nitrogens with zero attached hydrogens (tertiary/aromatic N) is 5. The molecule has 9 heteroatoms. The van der Waals surface area contributed by atoms with Crippen LogP contribution >= 0.6 is 11.6 Å². The quantitative estimate of drug-likeness (QED) is 0.657. The minimum atomic E-state index is -0.308. The van der Waals surface area contributed by atoms with Crippen LogP contribution in [0.1, 0.15) is 0 Å². The second-order valence-electron chi connectivity index (χ2n) is 6.84. The van der Waals surface area contributed by atoms with Gasteiger partial charge >= 0.3 is 0 Å². The van der Waals surface area contributed by atoms with E-state index in [0.717, 1.165) is 31.9 Å². The van der Waals surface area contributed by atoms with Crippen molar-refractivity contribution in [3.05, 3.63) is 59.6 Å². The van der Waals surface area contributed by atoms with Crippen LogP contribution in [0.4, 0.5) is 33.3 Å². The molecule has 2 aromatic heterocycles. The Morgan fingerprint density at radius 3 is 2.38 bits per heavy atom. The summed E-state index contributed by atoms with van der Waals surface area (Å²) in [5.41, 5.74) is 1.77. The fourth-order valence-electron chi connectivity index (χ4n) is 3.01. The summed E-state index contributed by atoms with van der Waals surface area (Å²) in [5, 5.41) is 6.50. The molecule has 1 aliphatic heterocycles. The first-order valence-corrected chi connectivity index (χ1v) is 9.66. The molecule has 0 amide bonds. The molecule has 4 rings (SSSR count). The maximum atomic E-state index is 13.1. The van der Waals surface area contributed by atoms with Crippen LogP contribution in [0.2, 0.25) is 5.02 Å². The molecule has 1 aromatic carbocycles. The van der Waals surface area contributed by atoms with E-state index in [2.05, 4.69) is 42.4 Å². The first-order chi connectivity index (χ1) is 14.1. The lowest BCUT2D eigenvalue weighted by Crippen LogP contribution is -2.44. The van der Waals surface area contributed by atoms with E-state index in [9.17, 15) is 4.39 Å². The Balaban J connectivity index is 1.44. The second-order valence-corrected chi connectivity index (χ2v) is 7.25. The van der Waals surface area contributed by atoms with E-state index in [1.807, 2.05) is 18.3 Å². The Morgan fingerprint density at radius 1 is 0.931 bits per heavy atom. The van der Waals surface area contributed by atoms with Crippen molar-refractivity contribution in [2.75, 3.05) is 48.8 Å². The molecule has 0 unspecified atom stereocenters. The lowest BCUT2D eigenvalue weighted by molar-refractivity contribution is 0.313. The molecular formula is C20H21ClFN7. The van der Waals surface area contributed by atoms with E-state index in [4.69, 9.17) is 11.6 Å². The molecule has 0 aliphatic carbocycles. The summed E-state index contributed by atoms with van der Waals surface area (Å²) in [6, 6.07) is 9.89. The molecule has 150 valence electrons. The minimum absolute atomic E-state index is 0.308. The average molecular weight is 414 g/mol. The number of aromatic nitrogens is 3. The fourth-order valence-corrected chi connectivity index (χ4v) is 3.15. The number of pyridine rings is 1. The van der Waals surface area contributed by atoms with Crippen LogP contribution in [0.25, 0.3) is 0 Å². The van der Waals surface area contributed by atoms with E-state index in [0.29, 0.717) is 28.3 Å². The largest absolute Gasteiger partial charge is 0.368 e. The zero-order chi connectivity index (χ0) is 20.2. The molecule has 0 radical (unpaired) electrons. The standard InChI is InChI=1S/C20H21ClFN7/c1-28-8-10-29(11-9-28)16-6-7-18(23-12-16)26-20-24-13-17(21)19(27-20)25-15-4-2-14(22)3-5-15/h2-7,12-13H,8-11H2,1H3,(H2,23,24,25,26,27). The summed E-state index contributed by atoms with van der Waals surface area (Å²) < 4.78 is 13.1. The van der Waals surface area contributed by atoms with Gasteiger partial charge in [0, 0.05) is 31.9 Å². The highest BCUT2D eigenvalue weighted by Crippen LogP contribution is 2.25. The monoisotopic (exact) mass is 413 g/mol. The number of hydrogen-bond acceptors (Lipinski definition) is 7. The lowest BCUT2D eigenvalue weighted by atomic mass is 10.3. The number of likely N-dealkylation sites (N-methyl/N-ethyl adjacent to an activating group) is 1. The highest BCUT2D eigenvalue weighted by Gasteiger charge is 2.14. The number of piperazine rings is 1. The molecule has 0 atom stereocenters. The van der Waals surface area contributed by atoms with Crippen LogP contribution < -0.4 is 15.5 Å². The van der Waals surface area contributed by atoms with Crippen LogP contribution in [0, 0.1) is 5.82 Å². The van der Waals surface area contributed by atoms with Crippen molar-refractivity contribution in [1.82, 2.24) is 19.9 Å².